The van der Waals surface area contributed by atoms with Gasteiger partial charge in [0.25, 0.3) is 5.56 Å². The predicted octanol–water partition coefficient (Wildman–Crippen LogP) is -2.45. The van der Waals surface area contributed by atoms with Crippen LogP contribution in [0.1, 0.15) is 0 Å². The Labute approximate surface area is 149 Å². The first kappa shape index (κ1) is 17.0. The number of nitrogens with zero attached hydrogens (tertiary/aromatic N) is 6. The van der Waals surface area contributed by atoms with E-state index in [0.29, 0.717) is 12.6 Å². The summed E-state index contributed by atoms with van der Waals surface area (Å²) in [5.41, 5.74) is -0.337. The standard InChI is InChI=1S/C16H23N7O3/c1-19-14-13(15(25)20(2)16(19)26)23(10-18-14)9-12(24)17-7-11-8-21-3-5-22(11)6-4-21/h10-11H,3-9H2,1-2H3,(H,17,24). The van der Waals surface area contributed by atoms with Crippen molar-refractivity contribution in [2.24, 2.45) is 14.1 Å². The highest BCUT2D eigenvalue weighted by Gasteiger charge is 2.31. The summed E-state index contributed by atoms with van der Waals surface area (Å²) in [7, 11) is 2.98. The van der Waals surface area contributed by atoms with Crippen molar-refractivity contribution >= 4 is 17.1 Å². The predicted molar refractivity (Wildman–Crippen MR) is 95.0 cm³/mol. The highest BCUT2D eigenvalue weighted by Crippen LogP contribution is 2.14. The molecular formula is C16H23N7O3. The van der Waals surface area contributed by atoms with Crippen molar-refractivity contribution in [3.05, 3.63) is 27.2 Å². The molecule has 1 unspecified atom stereocenters. The van der Waals surface area contributed by atoms with Gasteiger partial charge in [0.2, 0.25) is 5.91 Å². The molecule has 3 saturated heterocycles. The Hall–Kier alpha value is -2.46. The number of amides is 1. The van der Waals surface area contributed by atoms with E-state index in [9.17, 15) is 14.4 Å². The van der Waals surface area contributed by atoms with Gasteiger partial charge in [-0.2, -0.15) is 0 Å². The van der Waals surface area contributed by atoms with E-state index in [1.165, 1.54) is 22.5 Å². The van der Waals surface area contributed by atoms with E-state index in [1.807, 2.05) is 0 Å². The number of hydrogen-bond acceptors (Lipinski definition) is 6. The van der Waals surface area contributed by atoms with Crippen LogP contribution in [0.4, 0.5) is 0 Å². The van der Waals surface area contributed by atoms with Gasteiger partial charge in [-0.25, -0.2) is 9.78 Å². The smallest absolute Gasteiger partial charge is 0.332 e. The summed E-state index contributed by atoms with van der Waals surface area (Å²) in [6.45, 7) is 5.89. The number of nitrogens with one attached hydrogen (secondary N) is 1. The van der Waals surface area contributed by atoms with Gasteiger partial charge in [0.15, 0.2) is 11.2 Å². The summed E-state index contributed by atoms with van der Waals surface area (Å²) in [5, 5.41) is 2.97. The molecule has 0 aromatic carbocycles. The largest absolute Gasteiger partial charge is 0.353 e. The molecule has 5 rings (SSSR count). The fourth-order valence-corrected chi connectivity index (χ4v) is 3.88. The molecule has 5 heterocycles. The van der Waals surface area contributed by atoms with Gasteiger partial charge in [0.05, 0.1) is 6.33 Å². The highest BCUT2D eigenvalue weighted by atomic mass is 16.2. The molecule has 140 valence electrons. The third kappa shape index (κ3) is 2.74. The minimum atomic E-state index is -0.447. The fourth-order valence-electron chi connectivity index (χ4n) is 3.88. The van der Waals surface area contributed by atoms with Crippen molar-refractivity contribution in [1.82, 2.24) is 33.8 Å². The van der Waals surface area contributed by atoms with Crippen LogP contribution in [-0.4, -0.2) is 79.7 Å². The number of hydrogen-bond donors (Lipinski definition) is 1. The number of piperazine rings is 3. The number of imidazole rings is 1. The first-order valence-electron chi connectivity index (χ1n) is 8.79. The molecular weight excluding hydrogens is 338 g/mol. The fraction of sp³-hybridized carbons (Fsp3) is 0.625. The number of carbonyl (C=O) groups is 1. The maximum atomic E-state index is 12.4. The van der Waals surface area contributed by atoms with Gasteiger partial charge >= 0.3 is 5.69 Å². The first-order valence-corrected chi connectivity index (χ1v) is 8.79. The second-order valence-corrected chi connectivity index (χ2v) is 7.04. The van der Waals surface area contributed by atoms with Crippen LogP contribution in [0.2, 0.25) is 0 Å². The van der Waals surface area contributed by atoms with E-state index in [2.05, 4.69) is 20.1 Å². The van der Waals surface area contributed by atoms with Crippen LogP contribution in [0.15, 0.2) is 15.9 Å². The van der Waals surface area contributed by atoms with Gasteiger partial charge in [-0.15, -0.1) is 0 Å². The van der Waals surface area contributed by atoms with Crippen molar-refractivity contribution in [1.29, 1.82) is 0 Å². The van der Waals surface area contributed by atoms with Crippen molar-refractivity contribution in [3.8, 4) is 0 Å². The van der Waals surface area contributed by atoms with Gasteiger partial charge in [0, 0.05) is 59.4 Å². The maximum Gasteiger partial charge on any atom is 0.332 e. The van der Waals surface area contributed by atoms with E-state index < -0.39 is 11.2 Å². The number of rotatable bonds is 4. The third-order valence-corrected chi connectivity index (χ3v) is 5.46. The molecule has 1 amide bonds. The average molecular weight is 361 g/mol. The molecule has 3 aliphatic heterocycles. The first-order chi connectivity index (χ1) is 12.5. The minimum Gasteiger partial charge on any atom is -0.353 e. The Bertz CT molecular complexity index is 965. The molecule has 10 nitrogen and oxygen atoms in total. The Balaban J connectivity index is 1.48. The molecule has 2 aromatic heterocycles. The third-order valence-electron chi connectivity index (χ3n) is 5.46. The second-order valence-electron chi connectivity index (χ2n) is 7.04. The van der Waals surface area contributed by atoms with Crippen LogP contribution >= 0.6 is 0 Å². The van der Waals surface area contributed by atoms with Crippen LogP contribution in [0.5, 0.6) is 0 Å². The van der Waals surface area contributed by atoms with Crippen molar-refractivity contribution in [3.63, 3.8) is 0 Å². The SMILES string of the molecule is Cn1c(=O)c2c(ncn2CC(=O)NCC2CN3CCN2CC3)n(C)c1=O. The van der Waals surface area contributed by atoms with Gasteiger partial charge in [-0.05, 0) is 0 Å². The highest BCUT2D eigenvalue weighted by molar-refractivity contribution is 5.78. The second kappa shape index (κ2) is 6.36. The summed E-state index contributed by atoms with van der Waals surface area (Å²) in [6, 6.07) is 0.342. The average Bonchev–Trinajstić information content (AvgIpc) is 3.07. The Morgan fingerprint density at radius 1 is 1.19 bits per heavy atom. The minimum absolute atomic E-state index is 0.000375. The van der Waals surface area contributed by atoms with Crippen molar-refractivity contribution in [2.75, 3.05) is 39.3 Å². The number of carbonyl (C=O) groups excluding carboxylic acids is 1. The topological polar surface area (TPSA) is 97.4 Å². The molecule has 0 aliphatic carbocycles. The van der Waals surface area contributed by atoms with Crippen LogP contribution in [-0.2, 0) is 25.4 Å². The Kier molecular flexibility index (Phi) is 4.16. The van der Waals surface area contributed by atoms with E-state index in [4.69, 9.17) is 0 Å². The molecule has 2 aromatic rings. The molecule has 26 heavy (non-hydrogen) atoms. The monoisotopic (exact) mass is 361 g/mol. The molecule has 3 fully saturated rings. The summed E-state index contributed by atoms with van der Waals surface area (Å²) >= 11 is 0. The molecule has 1 atom stereocenters. The number of aryl methyl sites for hydroxylation is 1. The quantitative estimate of drug-likeness (QED) is 0.649. The lowest BCUT2D eigenvalue weighted by Gasteiger charge is -2.47. The van der Waals surface area contributed by atoms with Crippen LogP contribution < -0.4 is 16.6 Å². The molecule has 3 aliphatic rings. The lowest BCUT2D eigenvalue weighted by Crippen LogP contribution is -2.63. The van der Waals surface area contributed by atoms with E-state index >= 15 is 0 Å². The zero-order valence-corrected chi connectivity index (χ0v) is 15.0. The van der Waals surface area contributed by atoms with Gasteiger partial charge < -0.3 is 9.88 Å². The van der Waals surface area contributed by atoms with Crippen molar-refractivity contribution < 1.29 is 4.79 Å². The lowest BCUT2D eigenvalue weighted by molar-refractivity contribution is -0.122. The maximum absolute atomic E-state index is 12.4. The lowest BCUT2D eigenvalue weighted by atomic mass is 10.1. The van der Waals surface area contributed by atoms with E-state index in [-0.39, 0.29) is 23.6 Å². The molecule has 0 saturated carbocycles. The van der Waals surface area contributed by atoms with E-state index in [1.54, 1.807) is 7.05 Å². The number of fused-ring (bicyclic) bond motifs is 4. The zero-order valence-electron chi connectivity index (χ0n) is 15.0. The Morgan fingerprint density at radius 3 is 2.58 bits per heavy atom. The van der Waals surface area contributed by atoms with Crippen LogP contribution in [0, 0.1) is 0 Å². The zero-order chi connectivity index (χ0) is 18.4. The normalized spacial score (nSPS) is 24.9. The van der Waals surface area contributed by atoms with Gasteiger partial charge in [-0.1, -0.05) is 0 Å². The van der Waals surface area contributed by atoms with Gasteiger partial charge in [-0.3, -0.25) is 28.5 Å². The number of aromatic nitrogens is 4. The van der Waals surface area contributed by atoms with Crippen LogP contribution in [0.25, 0.3) is 11.2 Å². The summed E-state index contributed by atoms with van der Waals surface area (Å²) in [4.78, 5) is 45.7. The summed E-state index contributed by atoms with van der Waals surface area (Å²) in [5.74, 6) is -0.169. The molecule has 0 radical (unpaired) electrons. The van der Waals surface area contributed by atoms with Gasteiger partial charge in [0.1, 0.15) is 6.54 Å². The van der Waals surface area contributed by atoms with E-state index in [0.717, 1.165) is 37.3 Å². The molecule has 1 N–H and O–H groups in total. The Morgan fingerprint density at radius 2 is 1.92 bits per heavy atom. The molecule has 0 spiro atoms. The molecule has 10 heteroatoms. The van der Waals surface area contributed by atoms with Crippen LogP contribution in [0.3, 0.4) is 0 Å². The summed E-state index contributed by atoms with van der Waals surface area (Å²) in [6.07, 6.45) is 1.43. The molecule has 2 bridgehead atoms. The summed E-state index contributed by atoms with van der Waals surface area (Å²) < 4.78 is 3.84. The van der Waals surface area contributed by atoms with Crippen molar-refractivity contribution in [2.45, 2.75) is 12.6 Å².